The number of alkyl halides is 24. The van der Waals surface area contributed by atoms with Crippen molar-refractivity contribution in [3.63, 3.8) is 0 Å². The molecule has 6 aromatic rings. The van der Waals surface area contributed by atoms with Crippen LogP contribution in [0.1, 0.15) is 50.1 Å². The molecule has 1 aromatic heterocycles. The average Bonchev–Trinajstić information content (AvgIpc) is 3.22. The zero-order valence-electron chi connectivity index (χ0n) is 34.3. The molecule has 1 heterocycles. The summed E-state index contributed by atoms with van der Waals surface area (Å²) in [5, 5.41) is 0. The number of hydrogen-bond acceptors (Lipinski definition) is 1. The highest BCUT2D eigenvalue weighted by Crippen LogP contribution is 2.41. The van der Waals surface area contributed by atoms with Crippen LogP contribution in [0.3, 0.4) is 0 Å². The van der Waals surface area contributed by atoms with Gasteiger partial charge in [-0.15, -0.1) is 0 Å². The SMILES string of the molecule is FC(F)(F)c1cc([B-](c2cc(C(F)(F)F)cc(C(F)(F)F)c2)(c2cc(C(F)(F)F)cc(C(F)(F)F)c2)c2cc(C(F)(F)F)cc(C(F)(F)F)c2)cc(C(F)(F)F)c1.O=c1c[nH+]ccn1Cc1ccccc1. The van der Waals surface area contributed by atoms with Gasteiger partial charge in [-0.25, -0.2) is 4.98 Å². The first-order valence-electron chi connectivity index (χ1n) is 19.1. The van der Waals surface area contributed by atoms with Crippen LogP contribution in [0.25, 0.3) is 0 Å². The van der Waals surface area contributed by atoms with Gasteiger partial charge in [-0.1, -0.05) is 78.9 Å². The lowest BCUT2D eigenvalue weighted by molar-refractivity contribution is -0.380. The van der Waals surface area contributed by atoms with E-state index in [1.807, 2.05) is 30.3 Å². The van der Waals surface area contributed by atoms with Crippen molar-refractivity contribution in [3.8, 4) is 0 Å². The zero-order chi connectivity index (χ0) is 53.7. The van der Waals surface area contributed by atoms with E-state index in [0.717, 1.165) is 5.56 Å². The van der Waals surface area contributed by atoms with Crippen LogP contribution >= 0.6 is 0 Å². The van der Waals surface area contributed by atoms with Gasteiger partial charge in [-0.3, -0.25) is 4.79 Å². The van der Waals surface area contributed by atoms with Crippen molar-refractivity contribution < 1.29 is 110 Å². The van der Waals surface area contributed by atoms with E-state index >= 15 is 0 Å². The minimum atomic E-state index is -6.13. The Kier molecular flexibility index (Phi) is 14.7. The molecular formula is C43H23BF24N2O. The van der Waals surface area contributed by atoms with Gasteiger partial charge in [0.2, 0.25) is 6.20 Å². The standard InChI is InChI=1S/C32H12BF24.C11H10N2O/c34-25(35,36)13-1-14(26(37,38)39)6-21(5-13)33(22-7-15(27(40,41)42)2-16(8-22)28(43,44)45,23-9-17(29(46,47)48)3-18(10-23)30(49,50)51)24-11-19(31(52,53)54)4-20(12-24)32(55,56)57;14-11-8-12-6-7-13(11)9-10-4-2-1-3-5-10/h1-12H;1-8H,9H2/q-1;/p+1. The van der Waals surface area contributed by atoms with E-state index in [0.29, 0.717) is 6.54 Å². The molecule has 0 aliphatic rings. The van der Waals surface area contributed by atoms with Crippen molar-refractivity contribution in [1.29, 1.82) is 0 Å². The topological polar surface area (TPSA) is 36.1 Å². The van der Waals surface area contributed by atoms with Gasteiger partial charge in [0.25, 0.3) is 0 Å². The first-order valence-corrected chi connectivity index (χ1v) is 19.1. The maximum Gasteiger partial charge on any atom is 0.416 e. The lowest BCUT2D eigenvalue weighted by atomic mass is 9.12. The minimum absolute atomic E-state index is 0.0173. The molecule has 28 heteroatoms. The molecule has 0 spiro atoms. The highest BCUT2D eigenvalue weighted by Gasteiger charge is 2.47. The molecule has 382 valence electrons. The molecule has 0 radical (unpaired) electrons. The third kappa shape index (κ3) is 12.8. The third-order valence-electron chi connectivity index (χ3n) is 10.5. The number of aromatic nitrogens is 2. The molecule has 0 bridgehead atoms. The van der Waals surface area contributed by atoms with Crippen molar-refractivity contribution in [1.82, 2.24) is 4.57 Å². The Balaban J connectivity index is 0.000000569. The number of benzene rings is 5. The first-order chi connectivity index (χ1) is 32.1. The third-order valence-corrected chi connectivity index (χ3v) is 10.5. The molecule has 0 amide bonds. The molecule has 0 saturated carbocycles. The predicted molar refractivity (Wildman–Crippen MR) is 203 cm³/mol. The number of aromatic amines is 1. The maximum atomic E-state index is 14.2. The monoisotopic (exact) mass is 1050 g/mol. The van der Waals surface area contributed by atoms with Gasteiger partial charge < -0.3 is 4.57 Å². The summed E-state index contributed by atoms with van der Waals surface area (Å²) in [6.45, 7) is 0.619. The molecule has 0 fully saturated rings. The summed E-state index contributed by atoms with van der Waals surface area (Å²) in [6.07, 6.45) is -49.9. The van der Waals surface area contributed by atoms with Crippen LogP contribution in [0.5, 0.6) is 0 Å². The fraction of sp³-hybridized carbons (Fsp3) is 0.209. The van der Waals surface area contributed by atoms with Gasteiger partial charge in [0, 0.05) is 0 Å². The van der Waals surface area contributed by atoms with Gasteiger partial charge >= 0.3 is 55.0 Å². The Morgan fingerprint density at radius 2 is 0.606 bits per heavy atom. The lowest BCUT2D eigenvalue weighted by Gasteiger charge is -2.46. The Morgan fingerprint density at radius 1 is 0.366 bits per heavy atom. The second-order valence-electron chi connectivity index (χ2n) is 15.3. The van der Waals surface area contributed by atoms with Crippen molar-refractivity contribution in [2.75, 3.05) is 0 Å². The predicted octanol–water partition coefficient (Wildman–Crippen LogP) is 11.9. The molecule has 3 nitrogen and oxygen atoms in total. The quantitative estimate of drug-likeness (QED) is 0.121. The number of nitrogens with zero attached hydrogens (tertiary/aromatic N) is 1. The van der Waals surface area contributed by atoms with Crippen molar-refractivity contribution in [3.05, 3.63) is 182 Å². The van der Waals surface area contributed by atoms with Crippen LogP contribution in [-0.4, -0.2) is 10.7 Å². The fourth-order valence-electron chi connectivity index (χ4n) is 7.39. The van der Waals surface area contributed by atoms with Crippen LogP contribution in [0.15, 0.2) is 127 Å². The smallest absolute Gasteiger partial charge is 0.300 e. The largest absolute Gasteiger partial charge is 0.416 e. The van der Waals surface area contributed by atoms with Gasteiger partial charge in [-0.2, -0.15) is 127 Å². The van der Waals surface area contributed by atoms with Gasteiger partial charge in [-0.05, 0) is 29.8 Å². The van der Waals surface area contributed by atoms with Crippen LogP contribution in [-0.2, 0) is 56.0 Å². The normalized spacial score (nSPS) is 13.5. The van der Waals surface area contributed by atoms with Crippen LogP contribution in [0, 0.1) is 0 Å². The summed E-state index contributed by atoms with van der Waals surface area (Å²) in [5.41, 5.74) is -29.1. The first kappa shape index (κ1) is 55.3. The number of hydrogen-bond donors (Lipinski definition) is 0. The van der Waals surface area contributed by atoms with Crippen LogP contribution in [0.4, 0.5) is 105 Å². The molecule has 1 N–H and O–H groups in total. The fourth-order valence-corrected chi connectivity index (χ4v) is 7.39. The Morgan fingerprint density at radius 3 is 0.817 bits per heavy atom. The molecule has 0 aliphatic heterocycles. The second-order valence-corrected chi connectivity index (χ2v) is 15.3. The van der Waals surface area contributed by atoms with Gasteiger partial charge in [0.05, 0.1) is 57.2 Å². The summed E-state index contributed by atoms with van der Waals surface area (Å²) in [5.74, 6) is 0. The molecule has 6 rings (SSSR count). The minimum Gasteiger partial charge on any atom is -0.300 e. The van der Waals surface area contributed by atoms with Gasteiger partial charge in [0.15, 0.2) is 6.20 Å². The van der Waals surface area contributed by atoms with Gasteiger partial charge in [0.1, 0.15) is 6.15 Å². The molecule has 5 aromatic carbocycles. The second kappa shape index (κ2) is 18.8. The van der Waals surface area contributed by atoms with Crippen LogP contribution < -0.4 is 32.4 Å². The highest BCUT2D eigenvalue weighted by atomic mass is 19.4. The molecular weight excluding hydrogens is 1030 g/mol. The van der Waals surface area contributed by atoms with Crippen LogP contribution in [0.2, 0.25) is 0 Å². The summed E-state index contributed by atoms with van der Waals surface area (Å²) >= 11 is 0. The zero-order valence-corrected chi connectivity index (χ0v) is 34.3. The average molecular weight is 1050 g/mol. The van der Waals surface area contributed by atoms with Crippen molar-refractivity contribution in [2.24, 2.45) is 0 Å². The van der Waals surface area contributed by atoms with E-state index in [2.05, 4.69) is 4.98 Å². The summed E-state index contributed by atoms with van der Waals surface area (Å²) in [4.78, 5) is 14.1. The molecule has 0 unspecified atom stereocenters. The van der Waals surface area contributed by atoms with Crippen molar-refractivity contribution >= 4 is 28.0 Å². The van der Waals surface area contributed by atoms with E-state index in [9.17, 15) is 110 Å². The molecule has 0 atom stereocenters. The van der Waals surface area contributed by atoms with E-state index in [1.54, 1.807) is 17.0 Å². The van der Waals surface area contributed by atoms with E-state index in [1.165, 1.54) is 6.20 Å². The van der Waals surface area contributed by atoms with Crippen molar-refractivity contribution in [2.45, 2.75) is 56.0 Å². The number of halogens is 24. The summed E-state index contributed by atoms with van der Waals surface area (Å²) in [6, 6.07) is 1.09. The molecule has 71 heavy (non-hydrogen) atoms. The van der Waals surface area contributed by atoms with E-state index in [4.69, 9.17) is 0 Å². The molecule has 0 aliphatic carbocycles. The summed E-state index contributed by atoms with van der Waals surface area (Å²) < 4.78 is 342. The maximum absolute atomic E-state index is 14.2. The Labute approximate surface area is 380 Å². The van der Waals surface area contributed by atoms with E-state index < -0.39 is 195 Å². The Bertz CT molecular complexity index is 2480. The lowest BCUT2D eigenvalue weighted by Crippen LogP contribution is -2.75. The van der Waals surface area contributed by atoms with E-state index in [-0.39, 0.29) is 5.56 Å². The molecule has 0 saturated heterocycles. The number of nitrogens with one attached hydrogen (secondary N) is 1. The number of H-pyrrole nitrogens is 1. The Hall–Kier alpha value is -6.64. The highest BCUT2D eigenvalue weighted by molar-refractivity contribution is 7.20. The summed E-state index contributed by atoms with van der Waals surface area (Å²) in [7, 11) is 0. The number of rotatable bonds is 6.